The van der Waals surface area contributed by atoms with Crippen molar-refractivity contribution in [2.45, 2.75) is 25.2 Å². The van der Waals surface area contributed by atoms with Crippen molar-refractivity contribution in [3.05, 3.63) is 58.6 Å². The molecule has 7 heteroatoms. The van der Waals surface area contributed by atoms with Crippen molar-refractivity contribution >= 4 is 33.4 Å². The maximum Gasteiger partial charge on any atom is 0.259 e. The number of fused-ring (bicyclic) bond motifs is 1. The molecule has 4 rings (SSSR count). The Morgan fingerprint density at radius 3 is 2.69 bits per heavy atom. The third kappa shape index (κ3) is 3.82. The van der Waals surface area contributed by atoms with Gasteiger partial charge in [0.25, 0.3) is 5.91 Å². The number of pyridine rings is 1. The average Bonchev–Trinajstić information content (AvgIpc) is 3.14. The summed E-state index contributed by atoms with van der Waals surface area (Å²) in [6, 6.07) is 11.5. The number of nitrogens with two attached hydrogens (primary N) is 1. The third-order valence-corrected chi connectivity index (χ3v) is 6.66. The van der Waals surface area contributed by atoms with E-state index in [4.69, 9.17) is 10.5 Å². The number of hydrogen-bond acceptors (Lipinski definition) is 5. The van der Waals surface area contributed by atoms with E-state index in [1.807, 2.05) is 41.3 Å². The Labute approximate surface area is 173 Å². The van der Waals surface area contributed by atoms with Crippen LogP contribution in [0.5, 0.6) is 5.75 Å². The molecule has 150 valence electrons. The third-order valence-electron chi connectivity index (χ3n) is 5.52. The maximum absolute atomic E-state index is 12.8. The van der Waals surface area contributed by atoms with Crippen LogP contribution < -0.4 is 10.5 Å². The Hall–Kier alpha value is -2.93. The molecule has 6 nitrogen and oxygen atoms in total. The quantitative estimate of drug-likeness (QED) is 0.700. The molecule has 1 fully saturated rings. The molecule has 3 aromatic rings. The van der Waals surface area contributed by atoms with Crippen molar-refractivity contribution in [1.82, 2.24) is 9.88 Å². The van der Waals surface area contributed by atoms with Gasteiger partial charge in [-0.1, -0.05) is 24.3 Å². The molecule has 0 unspecified atom stereocenters. The summed E-state index contributed by atoms with van der Waals surface area (Å²) in [5.41, 5.74) is 7.54. The van der Waals surface area contributed by atoms with Gasteiger partial charge >= 0.3 is 0 Å². The number of nitrogens with zero attached hydrogens (tertiary/aromatic N) is 2. The number of benzene rings is 1. The molecule has 0 spiro atoms. The second-order valence-electron chi connectivity index (χ2n) is 7.21. The average molecular weight is 410 g/mol. The minimum absolute atomic E-state index is 0.0971. The number of carbonyl (C=O) groups excluding carboxylic acids is 2. The van der Waals surface area contributed by atoms with Crippen LogP contribution in [-0.4, -0.2) is 41.9 Å². The van der Waals surface area contributed by atoms with E-state index in [0.717, 1.165) is 39.9 Å². The van der Waals surface area contributed by atoms with Gasteiger partial charge in [0.05, 0.1) is 18.4 Å². The highest BCUT2D eigenvalue weighted by Crippen LogP contribution is 2.39. The standard InChI is InChI=1S/C22H23N3O3S/c1-28-17-7-3-2-5-15(17)13-18(26)25-11-8-14(9-12-25)19-16-6-4-10-24-22(16)29-20(19)21(23)27/h2-7,10,14H,8-9,11-13H2,1H3,(H2,23,27). The highest BCUT2D eigenvalue weighted by Gasteiger charge is 2.29. The van der Waals surface area contributed by atoms with Gasteiger partial charge in [0.15, 0.2) is 0 Å². The lowest BCUT2D eigenvalue weighted by atomic mass is 9.87. The van der Waals surface area contributed by atoms with E-state index in [-0.39, 0.29) is 11.8 Å². The van der Waals surface area contributed by atoms with E-state index in [9.17, 15) is 9.59 Å². The topological polar surface area (TPSA) is 85.5 Å². The van der Waals surface area contributed by atoms with Crippen LogP contribution in [0.3, 0.4) is 0 Å². The number of piperidine rings is 1. The number of methoxy groups -OCH3 is 1. The van der Waals surface area contributed by atoms with Crippen molar-refractivity contribution in [3.8, 4) is 5.75 Å². The Morgan fingerprint density at radius 2 is 1.97 bits per heavy atom. The van der Waals surface area contributed by atoms with Crippen LogP contribution in [0.25, 0.3) is 10.2 Å². The molecule has 1 aliphatic rings. The molecule has 0 atom stereocenters. The van der Waals surface area contributed by atoms with Crippen LogP contribution in [0.2, 0.25) is 0 Å². The summed E-state index contributed by atoms with van der Waals surface area (Å²) in [7, 11) is 1.62. The number of thiophene rings is 1. The second-order valence-corrected chi connectivity index (χ2v) is 8.21. The predicted molar refractivity (Wildman–Crippen MR) is 113 cm³/mol. The van der Waals surface area contributed by atoms with Crippen molar-refractivity contribution in [2.24, 2.45) is 5.73 Å². The molecular weight excluding hydrogens is 386 g/mol. The summed E-state index contributed by atoms with van der Waals surface area (Å²) in [4.78, 5) is 32.5. The summed E-state index contributed by atoms with van der Waals surface area (Å²) in [5, 5.41) is 1.00. The van der Waals surface area contributed by atoms with Gasteiger partial charge in [-0.3, -0.25) is 9.59 Å². The predicted octanol–water partition coefficient (Wildman–Crippen LogP) is 3.35. The Kier molecular flexibility index (Phi) is 5.49. The molecule has 2 N–H and O–H groups in total. The monoisotopic (exact) mass is 409 g/mol. The highest BCUT2D eigenvalue weighted by molar-refractivity contribution is 7.20. The van der Waals surface area contributed by atoms with Crippen molar-refractivity contribution in [3.63, 3.8) is 0 Å². The molecule has 0 bridgehead atoms. The molecule has 3 heterocycles. The first-order valence-corrected chi connectivity index (χ1v) is 10.5. The van der Waals surface area contributed by atoms with Gasteiger partial charge in [-0.25, -0.2) is 4.98 Å². The zero-order valence-electron chi connectivity index (χ0n) is 16.3. The number of para-hydroxylation sites is 1. The van der Waals surface area contributed by atoms with Crippen LogP contribution >= 0.6 is 11.3 Å². The Balaban J connectivity index is 1.49. The van der Waals surface area contributed by atoms with Crippen molar-refractivity contribution in [2.75, 3.05) is 20.2 Å². The number of ether oxygens (including phenoxy) is 1. The van der Waals surface area contributed by atoms with Crippen molar-refractivity contribution < 1.29 is 14.3 Å². The van der Waals surface area contributed by atoms with E-state index in [0.29, 0.717) is 24.4 Å². The second kappa shape index (κ2) is 8.21. The SMILES string of the molecule is COc1ccccc1CC(=O)N1CCC(c2c(C(N)=O)sc3ncccc23)CC1. The fourth-order valence-corrected chi connectivity index (χ4v) is 5.16. The summed E-state index contributed by atoms with van der Waals surface area (Å²) in [6.07, 6.45) is 3.66. The zero-order chi connectivity index (χ0) is 20.4. The van der Waals surface area contributed by atoms with E-state index in [2.05, 4.69) is 4.98 Å². The Bertz CT molecular complexity index is 1050. The van der Waals surface area contributed by atoms with E-state index < -0.39 is 5.91 Å². The molecule has 29 heavy (non-hydrogen) atoms. The van der Waals surface area contributed by atoms with E-state index in [1.165, 1.54) is 11.3 Å². The zero-order valence-corrected chi connectivity index (χ0v) is 17.1. The lowest BCUT2D eigenvalue weighted by molar-refractivity contribution is -0.131. The van der Waals surface area contributed by atoms with Crippen LogP contribution in [-0.2, 0) is 11.2 Å². The molecule has 1 saturated heterocycles. The summed E-state index contributed by atoms with van der Waals surface area (Å²) in [5.74, 6) is 0.627. The lowest BCUT2D eigenvalue weighted by Gasteiger charge is -2.32. The molecule has 2 aromatic heterocycles. The largest absolute Gasteiger partial charge is 0.496 e. The number of amides is 2. The first-order valence-electron chi connectivity index (χ1n) is 9.65. The molecular formula is C22H23N3O3S. The van der Waals surface area contributed by atoms with Gasteiger partial charge in [-0.15, -0.1) is 11.3 Å². The van der Waals surface area contributed by atoms with E-state index in [1.54, 1.807) is 13.3 Å². The smallest absolute Gasteiger partial charge is 0.259 e. The lowest BCUT2D eigenvalue weighted by Crippen LogP contribution is -2.39. The minimum atomic E-state index is -0.405. The van der Waals surface area contributed by atoms with Crippen LogP contribution in [0.4, 0.5) is 0 Å². The molecule has 2 amide bonds. The fraction of sp³-hybridized carbons (Fsp3) is 0.318. The summed E-state index contributed by atoms with van der Waals surface area (Å²) < 4.78 is 5.36. The molecule has 0 radical (unpaired) electrons. The molecule has 0 aliphatic carbocycles. The molecule has 1 aliphatic heterocycles. The normalized spacial score (nSPS) is 14.9. The number of primary amides is 1. The number of likely N-dealkylation sites (tertiary alicyclic amines) is 1. The first-order chi connectivity index (χ1) is 14.1. The number of aromatic nitrogens is 1. The van der Waals surface area contributed by atoms with Gasteiger partial charge in [-0.05, 0) is 36.5 Å². The summed E-state index contributed by atoms with van der Waals surface area (Å²) in [6.45, 7) is 1.32. The van der Waals surface area contributed by atoms with Gasteiger partial charge in [0, 0.05) is 30.2 Å². The first kappa shape index (κ1) is 19.4. The highest BCUT2D eigenvalue weighted by atomic mass is 32.1. The number of carbonyl (C=O) groups is 2. The van der Waals surface area contributed by atoms with Crippen LogP contribution in [0, 0.1) is 0 Å². The Morgan fingerprint density at radius 1 is 1.21 bits per heavy atom. The summed E-state index contributed by atoms with van der Waals surface area (Å²) >= 11 is 1.36. The van der Waals surface area contributed by atoms with Gasteiger partial charge in [0.2, 0.25) is 5.91 Å². The molecule has 1 aromatic carbocycles. The molecule has 0 saturated carbocycles. The maximum atomic E-state index is 12.8. The van der Waals surface area contributed by atoms with E-state index >= 15 is 0 Å². The minimum Gasteiger partial charge on any atom is -0.496 e. The van der Waals surface area contributed by atoms with Crippen LogP contribution in [0.1, 0.15) is 39.6 Å². The fourth-order valence-electron chi connectivity index (χ4n) is 4.08. The van der Waals surface area contributed by atoms with Crippen LogP contribution in [0.15, 0.2) is 42.6 Å². The number of hydrogen-bond donors (Lipinski definition) is 1. The van der Waals surface area contributed by atoms with Crippen molar-refractivity contribution in [1.29, 1.82) is 0 Å². The van der Waals surface area contributed by atoms with Gasteiger partial charge in [0.1, 0.15) is 10.6 Å². The number of rotatable bonds is 5. The van der Waals surface area contributed by atoms with Gasteiger partial charge < -0.3 is 15.4 Å². The van der Waals surface area contributed by atoms with Gasteiger partial charge in [-0.2, -0.15) is 0 Å².